The van der Waals surface area contributed by atoms with E-state index in [1.807, 2.05) is 24.3 Å². The van der Waals surface area contributed by atoms with Crippen LogP contribution in [-0.4, -0.2) is 11.1 Å². The van der Waals surface area contributed by atoms with Gasteiger partial charge in [-0.2, -0.15) is 13.2 Å². The van der Waals surface area contributed by atoms with Crippen molar-refractivity contribution >= 4 is 5.97 Å². The largest absolute Gasteiger partial charge is 0.489 e. The second kappa shape index (κ2) is 10.1. The Hall–Kier alpha value is -3.72. The van der Waals surface area contributed by atoms with Crippen LogP contribution in [0.15, 0.2) is 72.8 Å². The van der Waals surface area contributed by atoms with E-state index in [2.05, 4.69) is 11.8 Å². The summed E-state index contributed by atoms with van der Waals surface area (Å²) in [6, 6.07) is 19.6. The predicted molar refractivity (Wildman–Crippen MR) is 116 cm³/mol. The summed E-state index contributed by atoms with van der Waals surface area (Å²) in [5, 5.41) is 9.21. The van der Waals surface area contributed by atoms with E-state index in [4.69, 9.17) is 4.74 Å². The second-order valence-corrected chi connectivity index (χ2v) is 7.20. The molecule has 3 aromatic carbocycles. The monoisotopic (exact) mass is 438 g/mol. The van der Waals surface area contributed by atoms with Gasteiger partial charge in [0.15, 0.2) is 0 Å². The third kappa shape index (κ3) is 6.14. The average molecular weight is 438 g/mol. The highest BCUT2D eigenvalue weighted by Gasteiger charge is 2.29. The highest BCUT2D eigenvalue weighted by molar-refractivity contribution is 5.74. The van der Waals surface area contributed by atoms with Crippen LogP contribution in [0.4, 0.5) is 13.2 Å². The van der Waals surface area contributed by atoms with E-state index in [-0.39, 0.29) is 6.61 Å². The molecule has 0 aliphatic carbocycles. The maximum absolute atomic E-state index is 12.8. The van der Waals surface area contributed by atoms with E-state index in [9.17, 15) is 23.1 Å². The SMILES string of the molecule is CC#CC(Cc1ccc(OCc2cccc(-c3ccc(C(F)(F)F)cc3)c2)cc1)C(=O)O. The zero-order valence-electron chi connectivity index (χ0n) is 17.3. The molecule has 3 rings (SSSR count). The van der Waals surface area contributed by atoms with Crippen LogP contribution in [0.25, 0.3) is 11.1 Å². The minimum Gasteiger partial charge on any atom is -0.489 e. The fourth-order valence-corrected chi connectivity index (χ4v) is 3.19. The summed E-state index contributed by atoms with van der Waals surface area (Å²) >= 11 is 0. The molecule has 3 nitrogen and oxygen atoms in total. The molecule has 1 atom stereocenters. The molecular formula is C26H21F3O3. The first-order valence-electron chi connectivity index (χ1n) is 9.89. The summed E-state index contributed by atoms with van der Waals surface area (Å²) in [5.74, 6) is 4.25. The lowest BCUT2D eigenvalue weighted by molar-refractivity contribution is -0.140. The van der Waals surface area contributed by atoms with Crippen LogP contribution < -0.4 is 4.74 Å². The summed E-state index contributed by atoms with van der Waals surface area (Å²) in [4.78, 5) is 11.2. The van der Waals surface area contributed by atoms with Crippen molar-refractivity contribution in [3.8, 4) is 28.7 Å². The van der Waals surface area contributed by atoms with E-state index < -0.39 is 23.6 Å². The molecule has 0 radical (unpaired) electrons. The highest BCUT2D eigenvalue weighted by Crippen LogP contribution is 2.31. The van der Waals surface area contributed by atoms with Crippen LogP contribution in [0, 0.1) is 17.8 Å². The molecule has 0 amide bonds. The van der Waals surface area contributed by atoms with Gasteiger partial charge in [0.1, 0.15) is 18.3 Å². The van der Waals surface area contributed by atoms with Gasteiger partial charge < -0.3 is 9.84 Å². The van der Waals surface area contributed by atoms with E-state index >= 15 is 0 Å². The zero-order valence-corrected chi connectivity index (χ0v) is 17.3. The number of carboxylic acid groups (broad SMARTS) is 1. The Kier molecular flexibility index (Phi) is 7.21. The lowest BCUT2D eigenvalue weighted by Crippen LogP contribution is -2.14. The maximum atomic E-state index is 12.8. The Morgan fingerprint density at radius 3 is 2.25 bits per heavy atom. The van der Waals surface area contributed by atoms with Gasteiger partial charge >= 0.3 is 12.1 Å². The van der Waals surface area contributed by atoms with Crippen LogP contribution in [0.5, 0.6) is 5.75 Å². The van der Waals surface area contributed by atoms with E-state index in [0.717, 1.165) is 28.8 Å². The van der Waals surface area contributed by atoms with Gasteiger partial charge in [0, 0.05) is 0 Å². The standard InChI is InChI=1S/C26H21F3O3/c1-2-4-22(25(30)31)15-18-7-13-24(14-8-18)32-17-19-5-3-6-21(16-19)20-9-11-23(12-10-20)26(27,28)29/h3,5-14,16,22H,15,17H2,1H3,(H,30,31). The summed E-state index contributed by atoms with van der Waals surface area (Å²) in [7, 11) is 0. The quantitative estimate of drug-likeness (QED) is 0.446. The number of ether oxygens (including phenoxy) is 1. The first-order chi connectivity index (χ1) is 15.3. The molecule has 0 saturated carbocycles. The van der Waals surface area contributed by atoms with Crippen molar-refractivity contribution in [2.75, 3.05) is 0 Å². The van der Waals surface area contributed by atoms with E-state index in [1.54, 1.807) is 31.2 Å². The van der Waals surface area contributed by atoms with Gasteiger partial charge in [0.25, 0.3) is 0 Å². The van der Waals surface area contributed by atoms with Crippen molar-refractivity contribution in [3.05, 3.63) is 89.5 Å². The van der Waals surface area contributed by atoms with Crippen LogP contribution in [0.3, 0.4) is 0 Å². The molecule has 0 bridgehead atoms. The normalized spacial score (nSPS) is 11.9. The number of halogens is 3. The number of alkyl halides is 3. The minimum absolute atomic E-state index is 0.285. The van der Waals surface area contributed by atoms with E-state index in [1.165, 1.54) is 12.1 Å². The molecule has 0 spiro atoms. The van der Waals surface area contributed by atoms with Gasteiger partial charge in [0.05, 0.1) is 5.56 Å². The molecule has 1 unspecified atom stereocenters. The first kappa shape index (κ1) is 23.0. The molecule has 3 aromatic rings. The number of carboxylic acids is 1. The van der Waals surface area contributed by atoms with Gasteiger partial charge in [-0.1, -0.05) is 48.4 Å². The van der Waals surface area contributed by atoms with Crippen molar-refractivity contribution in [2.24, 2.45) is 5.92 Å². The molecule has 0 aromatic heterocycles. The Balaban J connectivity index is 1.64. The summed E-state index contributed by atoms with van der Waals surface area (Å²) < 4.78 is 44.1. The zero-order chi connectivity index (χ0) is 23.1. The molecular weight excluding hydrogens is 417 g/mol. The maximum Gasteiger partial charge on any atom is 0.416 e. The van der Waals surface area contributed by atoms with Gasteiger partial charge in [0.2, 0.25) is 0 Å². The van der Waals surface area contributed by atoms with Crippen molar-refractivity contribution in [3.63, 3.8) is 0 Å². The topological polar surface area (TPSA) is 46.5 Å². The van der Waals surface area contributed by atoms with Gasteiger partial charge in [-0.05, 0) is 65.9 Å². The fraction of sp³-hybridized carbons (Fsp3) is 0.192. The van der Waals surface area contributed by atoms with Crippen LogP contribution in [-0.2, 0) is 24.0 Å². The number of hydrogen-bond acceptors (Lipinski definition) is 2. The molecule has 6 heteroatoms. The highest BCUT2D eigenvalue weighted by atomic mass is 19.4. The number of carbonyl (C=O) groups is 1. The Morgan fingerprint density at radius 1 is 0.969 bits per heavy atom. The van der Waals surface area contributed by atoms with Crippen molar-refractivity contribution in [2.45, 2.75) is 26.1 Å². The number of benzene rings is 3. The molecule has 0 aliphatic heterocycles. The Bertz CT molecular complexity index is 1120. The lowest BCUT2D eigenvalue weighted by atomic mass is 10.00. The van der Waals surface area contributed by atoms with Crippen LogP contribution in [0.1, 0.15) is 23.6 Å². The summed E-state index contributed by atoms with van der Waals surface area (Å²) in [5.41, 5.74) is 2.52. The van der Waals surface area contributed by atoms with Crippen LogP contribution >= 0.6 is 0 Å². The number of aliphatic carboxylic acids is 1. The second-order valence-electron chi connectivity index (χ2n) is 7.20. The molecule has 32 heavy (non-hydrogen) atoms. The smallest absolute Gasteiger partial charge is 0.416 e. The molecule has 0 heterocycles. The molecule has 0 aliphatic rings. The predicted octanol–water partition coefficient (Wildman–Crippen LogP) is 6.22. The fourth-order valence-electron chi connectivity index (χ4n) is 3.19. The first-order valence-corrected chi connectivity index (χ1v) is 9.89. The van der Waals surface area contributed by atoms with Crippen molar-refractivity contribution in [1.29, 1.82) is 0 Å². The molecule has 164 valence electrons. The summed E-state index contributed by atoms with van der Waals surface area (Å²) in [6.45, 7) is 1.90. The van der Waals surface area contributed by atoms with Gasteiger partial charge in [-0.3, -0.25) is 4.79 Å². The van der Waals surface area contributed by atoms with E-state index in [0.29, 0.717) is 17.7 Å². The lowest BCUT2D eigenvalue weighted by Gasteiger charge is -2.11. The average Bonchev–Trinajstić information content (AvgIpc) is 2.78. The molecule has 0 fully saturated rings. The molecule has 0 saturated heterocycles. The Morgan fingerprint density at radius 2 is 1.66 bits per heavy atom. The third-order valence-electron chi connectivity index (χ3n) is 4.86. The summed E-state index contributed by atoms with van der Waals surface area (Å²) in [6.07, 6.45) is -4.05. The number of rotatable bonds is 7. The van der Waals surface area contributed by atoms with Gasteiger partial charge in [-0.25, -0.2) is 0 Å². The Labute approximate surface area is 184 Å². The minimum atomic E-state index is -4.36. The van der Waals surface area contributed by atoms with Crippen molar-refractivity contribution in [1.82, 2.24) is 0 Å². The number of hydrogen-bond donors (Lipinski definition) is 1. The van der Waals surface area contributed by atoms with Crippen molar-refractivity contribution < 1.29 is 27.8 Å². The van der Waals surface area contributed by atoms with Crippen LogP contribution in [0.2, 0.25) is 0 Å². The molecule has 1 N–H and O–H groups in total. The third-order valence-corrected chi connectivity index (χ3v) is 4.86. The van der Waals surface area contributed by atoms with Gasteiger partial charge in [-0.15, -0.1) is 5.92 Å².